The van der Waals surface area contributed by atoms with E-state index in [0.717, 1.165) is 6.42 Å². The van der Waals surface area contributed by atoms with Crippen LogP contribution in [0.1, 0.15) is 60.7 Å². The number of hydrogen-bond donors (Lipinski definition) is 1. The van der Waals surface area contributed by atoms with E-state index in [2.05, 4.69) is 15.1 Å². The van der Waals surface area contributed by atoms with Gasteiger partial charge in [0.2, 0.25) is 11.3 Å². The fourth-order valence-electron chi connectivity index (χ4n) is 3.41. The minimum absolute atomic E-state index is 0.0244. The van der Waals surface area contributed by atoms with Crippen molar-refractivity contribution < 1.29 is 13.7 Å². The van der Waals surface area contributed by atoms with E-state index in [4.69, 9.17) is 4.52 Å². The molecule has 2 aromatic heterocycles. The van der Waals surface area contributed by atoms with Crippen LogP contribution in [-0.2, 0) is 0 Å². The number of aromatic amines is 1. The molecule has 1 aliphatic heterocycles. The van der Waals surface area contributed by atoms with Crippen LogP contribution >= 0.6 is 0 Å². The van der Waals surface area contributed by atoms with Crippen LogP contribution in [0.5, 0.6) is 0 Å². The van der Waals surface area contributed by atoms with E-state index in [1.165, 1.54) is 24.4 Å². The summed E-state index contributed by atoms with van der Waals surface area (Å²) in [5.41, 5.74) is -0.425. The molecule has 0 spiro atoms. The molecule has 1 unspecified atom stereocenters. The number of nitrogens with one attached hydrogen (secondary N) is 1. The van der Waals surface area contributed by atoms with Crippen LogP contribution in [-0.4, -0.2) is 32.5 Å². The van der Waals surface area contributed by atoms with Crippen molar-refractivity contribution in [3.8, 4) is 0 Å². The van der Waals surface area contributed by atoms with E-state index in [1.54, 1.807) is 4.90 Å². The van der Waals surface area contributed by atoms with Gasteiger partial charge in [-0.2, -0.15) is 4.98 Å². The number of nitrogens with zero attached hydrogens (tertiary/aromatic N) is 3. The average Bonchev–Trinajstić information content (AvgIpc) is 3.31. The fourth-order valence-corrected chi connectivity index (χ4v) is 3.41. The number of H-pyrrole nitrogens is 1. The third-order valence-electron chi connectivity index (χ3n) is 4.87. The molecule has 27 heavy (non-hydrogen) atoms. The Bertz CT molecular complexity index is 1070. The van der Waals surface area contributed by atoms with Crippen molar-refractivity contribution in [2.45, 2.75) is 38.6 Å². The van der Waals surface area contributed by atoms with Gasteiger partial charge in [0.05, 0.1) is 5.52 Å². The van der Waals surface area contributed by atoms with Crippen molar-refractivity contribution in [1.29, 1.82) is 0 Å². The van der Waals surface area contributed by atoms with E-state index >= 15 is 0 Å². The molecular weight excluding hydrogens is 351 g/mol. The largest absolute Gasteiger partial charge is 0.358 e. The van der Waals surface area contributed by atoms with Gasteiger partial charge < -0.3 is 14.4 Å². The summed E-state index contributed by atoms with van der Waals surface area (Å²) in [6, 6.07) is 3.85. The third-order valence-corrected chi connectivity index (χ3v) is 4.87. The van der Waals surface area contributed by atoms with Crippen LogP contribution in [0.4, 0.5) is 4.39 Å². The number of rotatable bonds is 3. The number of pyridine rings is 1. The zero-order chi connectivity index (χ0) is 19.1. The highest BCUT2D eigenvalue weighted by Gasteiger charge is 2.35. The molecule has 7 nitrogen and oxygen atoms in total. The molecule has 0 bridgehead atoms. The van der Waals surface area contributed by atoms with Crippen LogP contribution in [0.2, 0.25) is 0 Å². The van der Waals surface area contributed by atoms with Crippen molar-refractivity contribution in [3.63, 3.8) is 0 Å². The number of amides is 1. The predicted molar refractivity (Wildman–Crippen MR) is 95.9 cm³/mol. The van der Waals surface area contributed by atoms with Crippen molar-refractivity contribution in [1.82, 2.24) is 20.0 Å². The second kappa shape index (κ2) is 6.61. The molecule has 1 amide bonds. The highest BCUT2D eigenvalue weighted by molar-refractivity contribution is 5.97. The molecule has 1 aliphatic rings. The van der Waals surface area contributed by atoms with Gasteiger partial charge in [0.15, 0.2) is 5.82 Å². The van der Waals surface area contributed by atoms with Crippen LogP contribution in [0.15, 0.2) is 33.7 Å². The maximum Gasteiger partial charge on any atom is 0.260 e. The predicted octanol–water partition coefficient (Wildman–Crippen LogP) is 3.15. The van der Waals surface area contributed by atoms with Gasteiger partial charge in [-0.05, 0) is 25.0 Å². The monoisotopic (exact) mass is 370 g/mol. The first-order chi connectivity index (χ1) is 13.0. The lowest BCUT2D eigenvalue weighted by Crippen LogP contribution is -2.34. The molecule has 3 heterocycles. The molecule has 1 aromatic carbocycles. The van der Waals surface area contributed by atoms with Crippen molar-refractivity contribution >= 4 is 16.8 Å². The van der Waals surface area contributed by atoms with Gasteiger partial charge in [0, 0.05) is 24.0 Å². The summed E-state index contributed by atoms with van der Waals surface area (Å²) in [5, 5.41) is 4.11. The highest BCUT2D eigenvalue weighted by Crippen LogP contribution is 2.32. The lowest BCUT2D eigenvalue weighted by Gasteiger charge is -2.21. The molecule has 3 aromatic rings. The van der Waals surface area contributed by atoms with Crippen LogP contribution < -0.4 is 5.43 Å². The molecular formula is C19H19FN4O3. The number of para-hydroxylation sites is 1. The van der Waals surface area contributed by atoms with Crippen molar-refractivity contribution in [3.05, 3.63) is 57.7 Å². The third kappa shape index (κ3) is 2.90. The number of carbonyl (C=O) groups excluding carboxylic acids is 1. The Labute approximate surface area is 154 Å². The van der Waals surface area contributed by atoms with Gasteiger partial charge in [-0.1, -0.05) is 25.1 Å². The minimum Gasteiger partial charge on any atom is -0.358 e. The van der Waals surface area contributed by atoms with Gasteiger partial charge in [-0.25, -0.2) is 4.39 Å². The number of halogens is 1. The van der Waals surface area contributed by atoms with Gasteiger partial charge in [0.1, 0.15) is 17.4 Å². The number of benzene rings is 1. The molecule has 0 saturated carbocycles. The molecule has 1 saturated heterocycles. The lowest BCUT2D eigenvalue weighted by molar-refractivity contribution is 0.0708. The van der Waals surface area contributed by atoms with Crippen LogP contribution in [0.25, 0.3) is 10.9 Å². The van der Waals surface area contributed by atoms with Crippen LogP contribution in [0, 0.1) is 5.82 Å². The van der Waals surface area contributed by atoms with Gasteiger partial charge in [-0.3, -0.25) is 9.59 Å². The zero-order valence-electron chi connectivity index (χ0n) is 15.0. The Morgan fingerprint density at radius 1 is 1.41 bits per heavy atom. The van der Waals surface area contributed by atoms with E-state index in [-0.39, 0.29) is 28.4 Å². The highest BCUT2D eigenvalue weighted by atomic mass is 19.1. The quantitative estimate of drug-likeness (QED) is 0.765. The number of likely N-dealkylation sites (tertiary alicyclic amines) is 1. The Kier molecular flexibility index (Phi) is 4.25. The SMILES string of the molecule is CC(C)c1noc(C2CCCN2C(=O)c2c[nH]c3c(F)cccc3c2=O)n1. The van der Waals surface area contributed by atoms with E-state index in [9.17, 15) is 14.0 Å². The van der Waals surface area contributed by atoms with Gasteiger partial charge in [-0.15, -0.1) is 0 Å². The molecule has 1 N–H and O–H groups in total. The Morgan fingerprint density at radius 3 is 2.96 bits per heavy atom. The van der Waals surface area contributed by atoms with E-state index in [1.807, 2.05) is 13.8 Å². The second-order valence-corrected chi connectivity index (χ2v) is 7.00. The van der Waals surface area contributed by atoms with Crippen molar-refractivity contribution in [2.24, 2.45) is 0 Å². The molecule has 1 atom stereocenters. The normalized spacial score (nSPS) is 17.2. The van der Waals surface area contributed by atoms with E-state index in [0.29, 0.717) is 24.7 Å². The summed E-state index contributed by atoms with van der Waals surface area (Å²) in [6.07, 6.45) is 2.74. The summed E-state index contributed by atoms with van der Waals surface area (Å²) in [4.78, 5) is 34.5. The summed E-state index contributed by atoms with van der Waals surface area (Å²) in [5.74, 6) is 0.131. The average molecular weight is 370 g/mol. The Balaban J connectivity index is 1.70. The first-order valence-electron chi connectivity index (χ1n) is 8.91. The zero-order valence-corrected chi connectivity index (χ0v) is 15.0. The smallest absolute Gasteiger partial charge is 0.260 e. The second-order valence-electron chi connectivity index (χ2n) is 7.00. The summed E-state index contributed by atoms with van der Waals surface area (Å²) >= 11 is 0. The summed E-state index contributed by atoms with van der Waals surface area (Å²) in [7, 11) is 0. The lowest BCUT2D eigenvalue weighted by atomic mass is 10.1. The Hall–Kier alpha value is -3.03. The Morgan fingerprint density at radius 2 is 2.22 bits per heavy atom. The number of aromatic nitrogens is 3. The molecule has 8 heteroatoms. The molecule has 0 radical (unpaired) electrons. The summed E-state index contributed by atoms with van der Waals surface area (Å²) < 4.78 is 19.2. The molecule has 1 fully saturated rings. The topological polar surface area (TPSA) is 92.1 Å². The standard InChI is InChI=1S/C19H19FN4O3/c1-10(2)17-22-18(27-23-17)14-7-4-8-24(14)19(26)12-9-21-15-11(16(12)25)5-3-6-13(15)20/h3,5-6,9-10,14H,4,7-8H2,1-2H3,(H,21,25). The van der Waals surface area contributed by atoms with Crippen molar-refractivity contribution in [2.75, 3.05) is 6.54 Å². The number of carbonyl (C=O) groups is 1. The maximum absolute atomic E-state index is 13.9. The van der Waals surface area contributed by atoms with E-state index < -0.39 is 17.2 Å². The first kappa shape index (κ1) is 17.4. The number of hydrogen-bond acceptors (Lipinski definition) is 5. The minimum atomic E-state index is -0.533. The molecule has 4 rings (SSSR count). The number of fused-ring (bicyclic) bond motifs is 1. The van der Waals surface area contributed by atoms with Gasteiger partial charge >= 0.3 is 0 Å². The first-order valence-corrected chi connectivity index (χ1v) is 8.91. The van der Waals surface area contributed by atoms with Gasteiger partial charge in [0.25, 0.3) is 5.91 Å². The molecule has 0 aliphatic carbocycles. The molecule has 140 valence electrons. The maximum atomic E-state index is 13.9. The van der Waals surface area contributed by atoms with Crippen LogP contribution in [0.3, 0.4) is 0 Å². The summed E-state index contributed by atoms with van der Waals surface area (Å²) in [6.45, 7) is 4.41. The fraction of sp³-hybridized carbons (Fsp3) is 0.368.